The molecule has 5 nitrogen and oxygen atoms in total. The Balaban J connectivity index is 2.36. The quantitative estimate of drug-likeness (QED) is 0.751. The third kappa shape index (κ3) is 1.96. The summed E-state index contributed by atoms with van der Waals surface area (Å²) in [6, 6.07) is 7.97. The molecular weight excluding hydrogens is 192 g/mol. The van der Waals surface area contributed by atoms with Crippen molar-refractivity contribution in [3.63, 3.8) is 0 Å². The summed E-state index contributed by atoms with van der Waals surface area (Å²) in [5, 5.41) is 11.2. The molecule has 0 fully saturated rings. The molecule has 0 atom stereocenters. The maximum absolute atomic E-state index is 5.24. The fourth-order valence-corrected chi connectivity index (χ4v) is 1.26. The molecule has 0 aliphatic heterocycles. The van der Waals surface area contributed by atoms with Gasteiger partial charge in [-0.05, 0) is 24.3 Å². The zero-order valence-electron chi connectivity index (χ0n) is 8.71. The first-order chi connectivity index (χ1) is 7.31. The average Bonchev–Trinajstić information content (AvgIpc) is 2.68. The van der Waals surface area contributed by atoms with Crippen LogP contribution in [0.2, 0.25) is 0 Å². The van der Waals surface area contributed by atoms with E-state index in [-0.39, 0.29) is 0 Å². The molecule has 0 spiro atoms. The van der Waals surface area contributed by atoms with Crippen LogP contribution in [0.15, 0.2) is 24.3 Å². The van der Waals surface area contributed by atoms with E-state index < -0.39 is 0 Å². The Morgan fingerprint density at radius 2 is 2.00 bits per heavy atom. The van der Waals surface area contributed by atoms with Gasteiger partial charge in [-0.2, -0.15) is 0 Å². The lowest BCUT2D eigenvalue weighted by atomic mass is 10.1. The molecule has 1 aromatic heterocycles. The van der Waals surface area contributed by atoms with Crippen LogP contribution in [0.1, 0.15) is 12.5 Å². The van der Waals surface area contributed by atoms with Crippen LogP contribution in [-0.2, 0) is 0 Å². The van der Waals surface area contributed by atoms with Crippen LogP contribution in [0.3, 0.4) is 0 Å². The summed E-state index contributed by atoms with van der Waals surface area (Å²) in [5.41, 5.74) is 2.15. The Kier molecular flexibility index (Phi) is 2.62. The van der Waals surface area contributed by atoms with E-state index in [2.05, 4.69) is 15.5 Å². The third-order valence-electron chi connectivity index (χ3n) is 2.00. The van der Waals surface area contributed by atoms with Gasteiger partial charge in [-0.3, -0.25) is 0 Å². The summed E-state index contributed by atoms with van der Waals surface area (Å²) < 4.78 is 0. The highest BCUT2D eigenvalue weighted by Gasteiger charge is 2.08. The van der Waals surface area contributed by atoms with Crippen LogP contribution in [0.4, 0.5) is 0 Å². The van der Waals surface area contributed by atoms with Crippen molar-refractivity contribution in [1.82, 2.24) is 20.4 Å². The van der Waals surface area contributed by atoms with E-state index in [1.807, 2.05) is 38.1 Å². The molecule has 1 heterocycles. The summed E-state index contributed by atoms with van der Waals surface area (Å²) in [5.74, 6) is 0.622. The van der Waals surface area contributed by atoms with Crippen molar-refractivity contribution in [3.8, 4) is 11.4 Å². The van der Waals surface area contributed by atoms with E-state index >= 15 is 0 Å². The first-order valence-electron chi connectivity index (χ1n) is 4.80. The molecule has 0 N–H and O–H groups in total. The minimum atomic E-state index is 0.532. The number of aryl methyl sites for hydroxylation is 1. The van der Waals surface area contributed by atoms with Crippen LogP contribution in [0.5, 0.6) is 0 Å². The van der Waals surface area contributed by atoms with Crippen LogP contribution in [0, 0.1) is 6.92 Å². The Morgan fingerprint density at radius 1 is 1.27 bits per heavy atom. The van der Waals surface area contributed by atoms with Crippen LogP contribution in [-0.4, -0.2) is 27.0 Å². The van der Waals surface area contributed by atoms with Gasteiger partial charge in [0.1, 0.15) is 6.61 Å². The fourth-order valence-electron chi connectivity index (χ4n) is 1.26. The molecule has 0 saturated heterocycles. The zero-order chi connectivity index (χ0) is 10.7. The fraction of sp³-hybridized carbons (Fsp3) is 0.300. The highest BCUT2D eigenvalue weighted by Crippen LogP contribution is 2.15. The lowest BCUT2D eigenvalue weighted by Gasteiger charge is -2.03. The van der Waals surface area contributed by atoms with Gasteiger partial charge in [0.05, 0.1) is 0 Å². The highest BCUT2D eigenvalue weighted by atomic mass is 16.7. The molecule has 0 unspecified atom stereocenters. The summed E-state index contributed by atoms with van der Waals surface area (Å²) in [6.45, 7) is 4.46. The Morgan fingerprint density at radius 3 is 2.67 bits per heavy atom. The second-order valence-corrected chi connectivity index (χ2v) is 3.16. The van der Waals surface area contributed by atoms with Crippen molar-refractivity contribution in [2.24, 2.45) is 0 Å². The number of rotatable bonds is 3. The van der Waals surface area contributed by atoms with Crippen molar-refractivity contribution < 1.29 is 4.84 Å². The van der Waals surface area contributed by atoms with Gasteiger partial charge in [0, 0.05) is 5.56 Å². The maximum atomic E-state index is 5.24. The molecule has 0 amide bonds. The van der Waals surface area contributed by atoms with Gasteiger partial charge in [0.25, 0.3) is 0 Å². The molecule has 2 rings (SSSR count). The van der Waals surface area contributed by atoms with Gasteiger partial charge in [-0.25, -0.2) is 0 Å². The SMILES string of the molecule is CCOn1nnnc1-c1ccc(C)cc1. The lowest BCUT2D eigenvalue weighted by molar-refractivity contribution is 0.0920. The summed E-state index contributed by atoms with van der Waals surface area (Å²) >= 11 is 0. The first kappa shape index (κ1) is 9.64. The number of tetrazole rings is 1. The molecular formula is C10H12N4O. The molecule has 0 aliphatic rings. The Bertz CT molecular complexity index is 435. The minimum absolute atomic E-state index is 0.532. The molecule has 0 bridgehead atoms. The zero-order valence-corrected chi connectivity index (χ0v) is 8.71. The molecule has 5 heteroatoms. The van der Waals surface area contributed by atoms with Gasteiger partial charge < -0.3 is 4.84 Å². The normalized spacial score (nSPS) is 10.3. The number of nitrogens with zero attached hydrogens (tertiary/aromatic N) is 4. The Labute approximate surface area is 87.6 Å². The topological polar surface area (TPSA) is 52.8 Å². The predicted octanol–water partition coefficient (Wildman–Crippen LogP) is 1.10. The van der Waals surface area contributed by atoms with Gasteiger partial charge in [-0.15, -0.1) is 5.10 Å². The highest BCUT2D eigenvalue weighted by molar-refractivity contribution is 5.54. The van der Waals surface area contributed by atoms with E-state index in [4.69, 9.17) is 4.84 Å². The van der Waals surface area contributed by atoms with Gasteiger partial charge in [0.2, 0.25) is 5.82 Å². The van der Waals surface area contributed by atoms with E-state index in [0.29, 0.717) is 12.4 Å². The number of hydrogen-bond donors (Lipinski definition) is 0. The smallest absolute Gasteiger partial charge is 0.222 e. The molecule has 0 radical (unpaired) electrons. The second kappa shape index (κ2) is 4.08. The van der Waals surface area contributed by atoms with Crippen molar-refractivity contribution in [2.45, 2.75) is 13.8 Å². The van der Waals surface area contributed by atoms with Crippen molar-refractivity contribution in [3.05, 3.63) is 29.8 Å². The molecule has 0 saturated carbocycles. The molecule has 1 aromatic carbocycles. The largest absolute Gasteiger partial charge is 0.394 e. The number of hydrogen-bond acceptors (Lipinski definition) is 4. The first-order valence-corrected chi connectivity index (χ1v) is 4.80. The lowest BCUT2D eigenvalue weighted by Crippen LogP contribution is -2.13. The molecule has 2 aromatic rings. The predicted molar refractivity (Wildman–Crippen MR) is 55.1 cm³/mol. The Hall–Kier alpha value is -1.91. The average molecular weight is 204 g/mol. The van der Waals surface area contributed by atoms with E-state index in [1.54, 1.807) is 0 Å². The molecule has 78 valence electrons. The maximum Gasteiger partial charge on any atom is 0.222 e. The van der Waals surface area contributed by atoms with E-state index in [9.17, 15) is 0 Å². The third-order valence-corrected chi connectivity index (χ3v) is 2.00. The van der Waals surface area contributed by atoms with Crippen molar-refractivity contribution >= 4 is 0 Å². The van der Waals surface area contributed by atoms with Crippen LogP contribution < -0.4 is 4.84 Å². The summed E-state index contributed by atoms with van der Waals surface area (Å²) in [7, 11) is 0. The summed E-state index contributed by atoms with van der Waals surface area (Å²) in [4.78, 5) is 6.58. The van der Waals surface area contributed by atoms with Crippen molar-refractivity contribution in [1.29, 1.82) is 0 Å². The van der Waals surface area contributed by atoms with E-state index in [0.717, 1.165) is 5.56 Å². The molecule has 0 aliphatic carbocycles. The number of benzene rings is 1. The van der Waals surface area contributed by atoms with Gasteiger partial charge >= 0.3 is 0 Å². The van der Waals surface area contributed by atoms with Gasteiger partial charge in [-0.1, -0.05) is 34.7 Å². The second-order valence-electron chi connectivity index (χ2n) is 3.16. The molecule has 15 heavy (non-hydrogen) atoms. The number of aromatic nitrogens is 4. The minimum Gasteiger partial charge on any atom is -0.394 e. The monoisotopic (exact) mass is 204 g/mol. The van der Waals surface area contributed by atoms with Gasteiger partial charge in [0.15, 0.2) is 0 Å². The standard InChI is InChI=1S/C10H12N4O/c1-3-15-14-10(11-12-13-14)9-6-4-8(2)5-7-9/h4-7H,3H2,1-2H3. The van der Waals surface area contributed by atoms with Crippen LogP contribution >= 0.6 is 0 Å². The van der Waals surface area contributed by atoms with Crippen LogP contribution in [0.25, 0.3) is 11.4 Å². The van der Waals surface area contributed by atoms with Crippen molar-refractivity contribution in [2.75, 3.05) is 6.61 Å². The van der Waals surface area contributed by atoms with E-state index in [1.165, 1.54) is 10.4 Å². The summed E-state index contributed by atoms with van der Waals surface area (Å²) in [6.07, 6.45) is 0.